The molecule has 1 aromatic carbocycles. The lowest BCUT2D eigenvalue weighted by atomic mass is 9.86. The number of nitrogens with zero attached hydrogens (tertiary/aromatic N) is 3. The Balaban J connectivity index is 1.79. The second-order valence-electron chi connectivity index (χ2n) is 5.32. The predicted octanol–water partition coefficient (Wildman–Crippen LogP) is 1.90. The number of aromatic nitrogens is 3. The van der Waals surface area contributed by atoms with Crippen molar-refractivity contribution in [1.29, 1.82) is 0 Å². The zero-order valence-corrected chi connectivity index (χ0v) is 11.3. The van der Waals surface area contributed by atoms with Gasteiger partial charge < -0.3 is 5.73 Å². The van der Waals surface area contributed by atoms with Crippen LogP contribution >= 0.6 is 0 Å². The Morgan fingerprint density at radius 1 is 1.32 bits per heavy atom. The maximum absolute atomic E-state index is 6.48. The van der Waals surface area contributed by atoms with Crippen molar-refractivity contribution in [3.63, 3.8) is 0 Å². The molecule has 0 radical (unpaired) electrons. The van der Waals surface area contributed by atoms with Crippen LogP contribution in [0.4, 0.5) is 0 Å². The molecule has 1 fully saturated rings. The van der Waals surface area contributed by atoms with Gasteiger partial charge in [0.15, 0.2) is 0 Å². The van der Waals surface area contributed by atoms with Gasteiger partial charge in [0.1, 0.15) is 12.2 Å². The third-order valence-corrected chi connectivity index (χ3v) is 4.24. The van der Waals surface area contributed by atoms with E-state index < -0.39 is 0 Å². The summed E-state index contributed by atoms with van der Waals surface area (Å²) in [5.74, 6) is 0.997. The summed E-state index contributed by atoms with van der Waals surface area (Å²) in [4.78, 5) is 4.33. The molecule has 100 valence electrons. The van der Waals surface area contributed by atoms with Crippen LogP contribution in [0.2, 0.25) is 0 Å². The molecule has 1 aliphatic rings. The van der Waals surface area contributed by atoms with Crippen LogP contribution in [0.15, 0.2) is 36.7 Å². The van der Waals surface area contributed by atoms with E-state index in [9.17, 15) is 0 Å². The fraction of sp³-hybridized carbons (Fsp3) is 0.467. The fourth-order valence-corrected chi connectivity index (χ4v) is 2.88. The molecule has 0 amide bonds. The van der Waals surface area contributed by atoms with Crippen molar-refractivity contribution in [2.75, 3.05) is 0 Å². The van der Waals surface area contributed by atoms with E-state index in [0.717, 1.165) is 18.8 Å². The van der Waals surface area contributed by atoms with Crippen molar-refractivity contribution in [2.24, 2.45) is 5.73 Å². The highest BCUT2D eigenvalue weighted by atomic mass is 15.3. The molecular formula is C15H20N4. The van der Waals surface area contributed by atoms with Gasteiger partial charge in [-0.2, -0.15) is 5.10 Å². The molecule has 3 rings (SSSR count). The van der Waals surface area contributed by atoms with E-state index in [1.54, 1.807) is 6.33 Å². The minimum atomic E-state index is 0.115. The van der Waals surface area contributed by atoms with Crippen LogP contribution in [-0.2, 0) is 18.4 Å². The van der Waals surface area contributed by atoms with Gasteiger partial charge in [0.05, 0.1) is 0 Å². The summed E-state index contributed by atoms with van der Waals surface area (Å²) in [5, 5.41) is 4.21. The highest BCUT2D eigenvalue weighted by molar-refractivity contribution is 5.34. The Kier molecular flexibility index (Phi) is 3.11. The van der Waals surface area contributed by atoms with Crippen molar-refractivity contribution in [3.8, 4) is 0 Å². The summed E-state index contributed by atoms with van der Waals surface area (Å²) in [7, 11) is 0. The van der Waals surface area contributed by atoms with Crippen LogP contribution in [-0.4, -0.2) is 20.8 Å². The first-order valence-corrected chi connectivity index (χ1v) is 6.94. The highest BCUT2D eigenvalue weighted by Gasteiger charge is 2.49. The molecule has 19 heavy (non-hydrogen) atoms. The smallest absolute Gasteiger partial charge is 0.138 e. The third kappa shape index (κ3) is 2.16. The van der Waals surface area contributed by atoms with Crippen LogP contribution in [0.3, 0.4) is 0 Å². The zero-order chi connectivity index (χ0) is 13.3. The number of nitrogens with two attached hydrogens (primary N) is 1. The lowest BCUT2D eigenvalue weighted by molar-refractivity contribution is 0.484. The molecule has 4 heteroatoms. The highest BCUT2D eigenvalue weighted by Crippen LogP contribution is 2.50. The SMILES string of the molecule is CCn1ncnc1CC(N)C1(c2ccccc2)CC1. The summed E-state index contributed by atoms with van der Waals surface area (Å²) in [6.45, 7) is 2.92. The Hall–Kier alpha value is -1.68. The van der Waals surface area contributed by atoms with Crippen LogP contribution in [0.5, 0.6) is 0 Å². The number of hydrogen-bond donors (Lipinski definition) is 1. The fourth-order valence-electron chi connectivity index (χ4n) is 2.88. The standard InChI is InChI=1S/C15H20N4/c1-2-19-14(17-11-18-19)10-13(16)15(8-9-15)12-6-4-3-5-7-12/h3-7,11,13H,2,8-10,16H2,1H3. The number of aryl methyl sites for hydroxylation is 1. The zero-order valence-electron chi connectivity index (χ0n) is 11.3. The normalized spacial score (nSPS) is 18.2. The summed E-state index contributed by atoms with van der Waals surface area (Å²) < 4.78 is 1.93. The first kappa shape index (κ1) is 12.4. The molecule has 0 aliphatic heterocycles. The first-order chi connectivity index (χ1) is 9.26. The van der Waals surface area contributed by atoms with Crippen LogP contribution in [0.1, 0.15) is 31.2 Å². The van der Waals surface area contributed by atoms with E-state index in [2.05, 4.69) is 47.3 Å². The Morgan fingerprint density at radius 2 is 2.05 bits per heavy atom. The average molecular weight is 256 g/mol. The lowest BCUT2D eigenvalue weighted by Gasteiger charge is -2.23. The molecule has 1 aromatic heterocycles. The molecule has 2 aromatic rings. The second-order valence-corrected chi connectivity index (χ2v) is 5.32. The van der Waals surface area contributed by atoms with Crippen LogP contribution < -0.4 is 5.73 Å². The van der Waals surface area contributed by atoms with E-state index in [-0.39, 0.29) is 11.5 Å². The summed E-state index contributed by atoms with van der Waals surface area (Å²) >= 11 is 0. The number of hydrogen-bond acceptors (Lipinski definition) is 3. The topological polar surface area (TPSA) is 56.7 Å². The monoisotopic (exact) mass is 256 g/mol. The Labute approximate surface area is 113 Å². The molecule has 1 saturated carbocycles. The number of benzene rings is 1. The van der Waals surface area contributed by atoms with E-state index in [0.29, 0.717) is 0 Å². The predicted molar refractivity (Wildman–Crippen MR) is 74.7 cm³/mol. The summed E-state index contributed by atoms with van der Waals surface area (Å²) in [5.41, 5.74) is 8.00. The maximum atomic E-state index is 6.48. The van der Waals surface area contributed by atoms with Crippen LogP contribution in [0, 0.1) is 0 Å². The van der Waals surface area contributed by atoms with Gasteiger partial charge in [-0.05, 0) is 25.3 Å². The first-order valence-electron chi connectivity index (χ1n) is 6.94. The average Bonchev–Trinajstić information content (AvgIpc) is 3.15. The van der Waals surface area contributed by atoms with Gasteiger partial charge in [-0.1, -0.05) is 30.3 Å². The third-order valence-electron chi connectivity index (χ3n) is 4.24. The van der Waals surface area contributed by atoms with Gasteiger partial charge in [-0.25, -0.2) is 4.98 Å². The largest absolute Gasteiger partial charge is 0.326 e. The van der Waals surface area contributed by atoms with Crippen molar-refractivity contribution >= 4 is 0 Å². The van der Waals surface area contributed by atoms with Gasteiger partial charge in [-0.3, -0.25) is 4.68 Å². The molecule has 0 bridgehead atoms. The maximum Gasteiger partial charge on any atom is 0.138 e. The molecule has 4 nitrogen and oxygen atoms in total. The molecule has 1 unspecified atom stereocenters. The molecular weight excluding hydrogens is 236 g/mol. The molecule has 2 N–H and O–H groups in total. The van der Waals surface area contributed by atoms with Gasteiger partial charge in [0.25, 0.3) is 0 Å². The Bertz CT molecular complexity index is 542. The van der Waals surface area contributed by atoms with Crippen molar-refractivity contribution in [2.45, 2.75) is 44.2 Å². The van der Waals surface area contributed by atoms with Gasteiger partial charge >= 0.3 is 0 Å². The minimum absolute atomic E-state index is 0.115. The van der Waals surface area contributed by atoms with Gasteiger partial charge in [0.2, 0.25) is 0 Å². The van der Waals surface area contributed by atoms with E-state index in [4.69, 9.17) is 5.73 Å². The molecule has 1 atom stereocenters. The Morgan fingerprint density at radius 3 is 2.68 bits per heavy atom. The molecule has 0 spiro atoms. The van der Waals surface area contributed by atoms with Gasteiger partial charge in [0, 0.05) is 24.4 Å². The van der Waals surface area contributed by atoms with E-state index in [1.807, 2.05) is 4.68 Å². The molecule has 1 aliphatic carbocycles. The quantitative estimate of drug-likeness (QED) is 0.889. The van der Waals surface area contributed by atoms with E-state index in [1.165, 1.54) is 18.4 Å². The number of rotatable bonds is 5. The molecule has 0 saturated heterocycles. The molecule has 1 heterocycles. The van der Waals surface area contributed by atoms with Crippen LogP contribution in [0.25, 0.3) is 0 Å². The lowest BCUT2D eigenvalue weighted by Crippen LogP contribution is -2.37. The summed E-state index contributed by atoms with van der Waals surface area (Å²) in [6.07, 6.45) is 4.77. The minimum Gasteiger partial charge on any atom is -0.326 e. The summed E-state index contributed by atoms with van der Waals surface area (Å²) in [6, 6.07) is 10.7. The van der Waals surface area contributed by atoms with Crippen molar-refractivity contribution < 1.29 is 0 Å². The van der Waals surface area contributed by atoms with Crippen molar-refractivity contribution in [3.05, 3.63) is 48.0 Å². The second kappa shape index (κ2) is 4.78. The van der Waals surface area contributed by atoms with Crippen molar-refractivity contribution in [1.82, 2.24) is 14.8 Å². The van der Waals surface area contributed by atoms with E-state index >= 15 is 0 Å². The van der Waals surface area contributed by atoms with Gasteiger partial charge in [-0.15, -0.1) is 0 Å².